The Kier molecular flexibility index (Phi) is 4.30. The van der Waals surface area contributed by atoms with E-state index >= 15 is 0 Å². The number of hydrogen-bond donors (Lipinski definition) is 1. The zero-order valence-electron chi connectivity index (χ0n) is 12.9. The molecule has 1 fully saturated rings. The predicted molar refractivity (Wildman–Crippen MR) is 86.4 cm³/mol. The number of fused-ring (bicyclic) bond motifs is 1. The summed E-state index contributed by atoms with van der Waals surface area (Å²) in [6.45, 7) is 6.95. The molecule has 3 atom stereocenters. The van der Waals surface area contributed by atoms with Crippen LogP contribution >= 0.6 is 0 Å². The summed E-state index contributed by atoms with van der Waals surface area (Å²) in [4.78, 5) is 2.66. The molecule has 20 heavy (non-hydrogen) atoms. The molecular formula is C18H28N2. The third kappa shape index (κ3) is 2.71. The Balaban J connectivity index is 1.73. The molecule has 2 nitrogen and oxygen atoms in total. The van der Waals surface area contributed by atoms with Crippen LogP contribution in [-0.4, -0.2) is 25.2 Å². The third-order valence-electron chi connectivity index (χ3n) is 5.16. The molecule has 2 heteroatoms. The molecule has 1 aromatic rings. The molecular weight excluding hydrogens is 244 g/mol. The topological polar surface area (TPSA) is 15.3 Å². The first kappa shape index (κ1) is 13.9. The van der Waals surface area contributed by atoms with E-state index < -0.39 is 0 Å². The summed E-state index contributed by atoms with van der Waals surface area (Å²) < 4.78 is 0. The fourth-order valence-corrected chi connectivity index (χ4v) is 4.12. The van der Waals surface area contributed by atoms with Crippen LogP contribution in [0, 0.1) is 5.92 Å². The van der Waals surface area contributed by atoms with E-state index in [1.165, 1.54) is 49.9 Å². The van der Waals surface area contributed by atoms with Crippen LogP contribution < -0.4 is 10.2 Å². The number of anilines is 1. The molecule has 1 heterocycles. The molecule has 0 aromatic heterocycles. The van der Waals surface area contributed by atoms with Crippen molar-refractivity contribution in [1.82, 2.24) is 5.32 Å². The van der Waals surface area contributed by atoms with Crippen LogP contribution in [-0.2, 0) is 6.42 Å². The highest BCUT2D eigenvalue weighted by Crippen LogP contribution is 2.34. The monoisotopic (exact) mass is 272 g/mol. The van der Waals surface area contributed by atoms with E-state index in [-0.39, 0.29) is 0 Å². The van der Waals surface area contributed by atoms with Gasteiger partial charge in [0.15, 0.2) is 0 Å². The standard InChI is InChI=1S/C18H28N2/c1-3-19-17-10-6-4-9-16(17)13-20-14(2)12-15-8-5-7-11-18(15)20/h5,7-8,11,14,16-17,19H,3-4,6,9-10,12-13H2,1-2H3. The van der Waals surface area contributed by atoms with Gasteiger partial charge in [-0.25, -0.2) is 0 Å². The molecule has 1 aliphatic carbocycles. The third-order valence-corrected chi connectivity index (χ3v) is 5.16. The van der Waals surface area contributed by atoms with Gasteiger partial charge in [0.2, 0.25) is 0 Å². The van der Waals surface area contributed by atoms with E-state index in [4.69, 9.17) is 0 Å². The lowest BCUT2D eigenvalue weighted by atomic mass is 9.84. The first-order valence-electron chi connectivity index (χ1n) is 8.37. The van der Waals surface area contributed by atoms with E-state index in [1.54, 1.807) is 0 Å². The van der Waals surface area contributed by atoms with Gasteiger partial charge in [0, 0.05) is 24.3 Å². The first-order chi connectivity index (χ1) is 9.79. The van der Waals surface area contributed by atoms with Gasteiger partial charge in [0.1, 0.15) is 0 Å². The molecule has 1 N–H and O–H groups in total. The number of hydrogen-bond acceptors (Lipinski definition) is 2. The average molecular weight is 272 g/mol. The highest BCUT2D eigenvalue weighted by molar-refractivity contribution is 5.59. The van der Waals surface area contributed by atoms with E-state index in [0.29, 0.717) is 6.04 Å². The molecule has 0 amide bonds. The summed E-state index contributed by atoms with van der Waals surface area (Å²) in [5.74, 6) is 0.817. The molecule has 3 unspecified atom stereocenters. The quantitative estimate of drug-likeness (QED) is 0.901. The predicted octanol–water partition coefficient (Wildman–Crippen LogP) is 3.61. The minimum absolute atomic E-state index is 0.664. The van der Waals surface area contributed by atoms with Crippen molar-refractivity contribution in [2.45, 2.75) is 58.0 Å². The van der Waals surface area contributed by atoms with Crippen molar-refractivity contribution in [2.75, 3.05) is 18.0 Å². The lowest BCUT2D eigenvalue weighted by molar-refractivity contribution is 0.265. The van der Waals surface area contributed by atoms with Crippen molar-refractivity contribution in [1.29, 1.82) is 0 Å². The minimum atomic E-state index is 0.664. The van der Waals surface area contributed by atoms with E-state index in [0.717, 1.165) is 18.5 Å². The smallest absolute Gasteiger partial charge is 0.0402 e. The van der Waals surface area contributed by atoms with Crippen molar-refractivity contribution in [3.63, 3.8) is 0 Å². The maximum Gasteiger partial charge on any atom is 0.0402 e. The molecule has 1 saturated carbocycles. The highest BCUT2D eigenvalue weighted by atomic mass is 15.2. The van der Waals surface area contributed by atoms with Crippen LogP contribution in [0.4, 0.5) is 5.69 Å². The van der Waals surface area contributed by atoms with Gasteiger partial charge in [-0.1, -0.05) is 38.0 Å². The minimum Gasteiger partial charge on any atom is -0.368 e. The van der Waals surface area contributed by atoms with Gasteiger partial charge in [-0.2, -0.15) is 0 Å². The van der Waals surface area contributed by atoms with Crippen LogP contribution in [0.5, 0.6) is 0 Å². The Labute approximate surface area is 123 Å². The Morgan fingerprint density at radius 2 is 2.00 bits per heavy atom. The summed E-state index contributed by atoms with van der Waals surface area (Å²) in [5.41, 5.74) is 3.02. The number of nitrogens with one attached hydrogen (secondary N) is 1. The van der Waals surface area contributed by atoms with Crippen LogP contribution in [0.2, 0.25) is 0 Å². The second-order valence-corrected chi connectivity index (χ2v) is 6.54. The molecule has 1 aromatic carbocycles. The van der Waals surface area contributed by atoms with Crippen LogP contribution in [0.15, 0.2) is 24.3 Å². The SMILES string of the molecule is CCNC1CCCCC1CN1c2ccccc2CC1C. The van der Waals surface area contributed by atoms with Gasteiger partial charge in [0.25, 0.3) is 0 Å². The van der Waals surface area contributed by atoms with Crippen molar-refractivity contribution < 1.29 is 0 Å². The molecule has 0 bridgehead atoms. The Hall–Kier alpha value is -1.02. The molecule has 0 radical (unpaired) electrons. The highest BCUT2D eigenvalue weighted by Gasteiger charge is 2.31. The number of benzene rings is 1. The van der Waals surface area contributed by atoms with Crippen LogP contribution in [0.25, 0.3) is 0 Å². The molecule has 0 spiro atoms. The van der Waals surface area contributed by atoms with Gasteiger partial charge in [-0.3, -0.25) is 0 Å². The zero-order chi connectivity index (χ0) is 13.9. The maximum absolute atomic E-state index is 3.72. The summed E-state index contributed by atoms with van der Waals surface area (Å²) in [6.07, 6.45) is 6.79. The van der Waals surface area contributed by atoms with E-state index in [2.05, 4.69) is 48.3 Å². The lowest BCUT2D eigenvalue weighted by Crippen LogP contribution is -2.45. The average Bonchev–Trinajstić information content (AvgIpc) is 2.78. The Morgan fingerprint density at radius 3 is 2.85 bits per heavy atom. The second kappa shape index (κ2) is 6.17. The maximum atomic E-state index is 3.72. The van der Waals surface area contributed by atoms with Crippen LogP contribution in [0.1, 0.15) is 45.1 Å². The summed E-state index contributed by atoms with van der Waals surface area (Å²) in [5, 5.41) is 3.72. The second-order valence-electron chi connectivity index (χ2n) is 6.54. The molecule has 3 rings (SSSR count). The fourth-order valence-electron chi connectivity index (χ4n) is 4.12. The molecule has 2 aliphatic rings. The molecule has 1 aliphatic heterocycles. The Bertz CT molecular complexity index is 441. The van der Waals surface area contributed by atoms with Gasteiger partial charge < -0.3 is 10.2 Å². The van der Waals surface area contributed by atoms with Gasteiger partial charge >= 0.3 is 0 Å². The van der Waals surface area contributed by atoms with E-state index in [1.807, 2.05) is 0 Å². The largest absolute Gasteiger partial charge is 0.368 e. The normalized spacial score (nSPS) is 29.5. The van der Waals surface area contributed by atoms with E-state index in [9.17, 15) is 0 Å². The summed E-state index contributed by atoms with van der Waals surface area (Å²) in [7, 11) is 0. The van der Waals surface area contributed by atoms with Crippen LogP contribution in [0.3, 0.4) is 0 Å². The first-order valence-corrected chi connectivity index (χ1v) is 8.37. The molecule has 110 valence electrons. The number of rotatable bonds is 4. The number of nitrogens with zero attached hydrogens (tertiary/aromatic N) is 1. The van der Waals surface area contributed by atoms with Gasteiger partial charge in [-0.15, -0.1) is 0 Å². The summed E-state index contributed by atoms with van der Waals surface area (Å²) in [6, 6.07) is 10.4. The Morgan fingerprint density at radius 1 is 1.20 bits per heavy atom. The summed E-state index contributed by atoms with van der Waals surface area (Å²) >= 11 is 0. The van der Waals surface area contributed by atoms with Gasteiger partial charge in [-0.05, 0) is 50.3 Å². The zero-order valence-corrected chi connectivity index (χ0v) is 12.9. The fraction of sp³-hybridized carbons (Fsp3) is 0.667. The van der Waals surface area contributed by atoms with Gasteiger partial charge in [0.05, 0.1) is 0 Å². The van der Waals surface area contributed by atoms with Crippen molar-refractivity contribution in [3.05, 3.63) is 29.8 Å². The lowest BCUT2D eigenvalue weighted by Gasteiger charge is -2.37. The van der Waals surface area contributed by atoms with Crippen molar-refractivity contribution in [3.8, 4) is 0 Å². The van der Waals surface area contributed by atoms with Crippen molar-refractivity contribution >= 4 is 5.69 Å². The number of para-hydroxylation sites is 1. The van der Waals surface area contributed by atoms with Crippen molar-refractivity contribution in [2.24, 2.45) is 5.92 Å². The molecule has 0 saturated heterocycles.